The fourth-order valence-corrected chi connectivity index (χ4v) is 1.87. The highest BCUT2D eigenvalue weighted by atomic mass is 16.2. The zero-order chi connectivity index (χ0) is 15.2. The molecule has 0 spiro atoms. The van der Waals surface area contributed by atoms with Crippen LogP contribution in [0.25, 0.3) is 11.3 Å². The largest absolute Gasteiger partial charge is 0.269 e. The number of benzene rings is 1. The second-order valence-corrected chi connectivity index (χ2v) is 4.45. The summed E-state index contributed by atoms with van der Waals surface area (Å²) in [5.74, 6) is 0.0571. The molecule has 0 aliphatic rings. The summed E-state index contributed by atoms with van der Waals surface area (Å²) >= 11 is 0. The normalized spacial score (nSPS) is 10.0. The number of nitrogens with one attached hydrogen (secondary N) is 2. The number of carbonyl (C=O) groups excluding carboxylic acids is 1. The van der Waals surface area contributed by atoms with Crippen LogP contribution >= 0.6 is 0 Å². The first kappa shape index (κ1) is 13.7. The van der Waals surface area contributed by atoms with Gasteiger partial charge in [-0.05, 0) is 30.3 Å². The van der Waals surface area contributed by atoms with E-state index in [9.17, 15) is 4.79 Å². The van der Waals surface area contributed by atoms with E-state index >= 15 is 0 Å². The Hall–Kier alpha value is -3.28. The van der Waals surface area contributed by atoms with E-state index in [0.717, 1.165) is 11.3 Å². The van der Waals surface area contributed by atoms with Crippen molar-refractivity contribution in [1.82, 2.24) is 20.4 Å². The fourth-order valence-electron chi connectivity index (χ4n) is 1.87. The SMILES string of the molecule is O=C(NNc1nccc(-c2cccnc2)n1)c1ccccc1. The van der Waals surface area contributed by atoms with Gasteiger partial charge in [0.1, 0.15) is 0 Å². The van der Waals surface area contributed by atoms with E-state index in [1.807, 2.05) is 18.2 Å². The Bertz CT molecular complexity index is 762. The van der Waals surface area contributed by atoms with Gasteiger partial charge in [-0.3, -0.25) is 20.6 Å². The second-order valence-electron chi connectivity index (χ2n) is 4.45. The molecule has 0 unspecified atom stereocenters. The summed E-state index contributed by atoms with van der Waals surface area (Å²) in [4.78, 5) is 24.4. The minimum absolute atomic E-state index is 0.254. The fraction of sp³-hybridized carbons (Fsp3) is 0. The monoisotopic (exact) mass is 291 g/mol. The summed E-state index contributed by atoms with van der Waals surface area (Å²) in [6.07, 6.45) is 5.03. The summed E-state index contributed by atoms with van der Waals surface area (Å²) in [5, 5.41) is 0. The van der Waals surface area contributed by atoms with E-state index < -0.39 is 0 Å². The Labute approximate surface area is 127 Å². The molecule has 0 aliphatic heterocycles. The maximum Gasteiger partial charge on any atom is 0.269 e. The Kier molecular flexibility index (Phi) is 4.01. The van der Waals surface area contributed by atoms with Crippen LogP contribution in [0.3, 0.4) is 0 Å². The van der Waals surface area contributed by atoms with E-state index in [1.165, 1.54) is 0 Å². The first-order chi connectivity index (χ1) is 10.8. The summed E-state index contributed by atoms with van der Waals surface area (Å²) in [6, 6.07) is 14.4. The summed E-state index contributed by atoms with van der Waals surface area (Å²) in [6.45, 7) is 0. The molecule has 0 aliphatic carbocycles. The summed E-state index contributed by atoms with van der Waals surface area (Å²) < 4.78 is 0. The van der Waals surface area contributed by atoms with Crippen molar-refractivity contribution < 1.29 is 4.79 Å². The lowest BCUT2D eigenvalue weighted by atomic mass is 10.2. The molecule has 108 valence electrons. The van der Waals surface area contributed by atoms with Gasteiger partial charge in [0.15, 0.2) is 0 Å². The molecule has 0 fully saturated rings. The Morgan fingerprint density at radius 2 is 1.82 bits per heavy atom. The first-order valence-electron chi connectivity index (χ1n) is 6.68. The molecule has 3 aromatic rings. The van der Waals surface area contributed by atoms with Crippen LogP contribution in [0, 0.1) is 0 Å². The van der Waals surface area contributed by atoms with Crippen molar-refractivity contribution in [3.05, 3.63) is 72.7 Å². The van der Waals surface area contributed by atoms with E-state index in [4.69, 9.17) is 0 Å². The molecule has 2 aromatic heterocycles. The van der Waals surface area contributed by atoms with Crippen molar-refractivity contribution in [1.29, 1.82) is 0 Å². The van der Waals surface area contributed by atoms with Gasteiger partial charge < -0.3 is 0 Å². The van der Waals surface area contributed by atoms with Gasteiger partial charge in [0.2, 0.25) is 5.95 Å². The molecule has 2 heterocycles. The summed E-state index contributed by atoms with van der Waals surface area (Å²) in [5.41, 5.74) is 7.43. The summed E-state index contributed by atoms with van der Waals surface area (Å²) in [7, 11) is 0. The number of aromatic nitrogens is 3. The molecule has 3 rings (SSSR count). The van der Waals surface area contributed by atoms with E-state index in [2.05, 4.69) is 25.8 Å². The number of nitrogens with zero attached hydrogens (tertiary/aromatic N) is 3. The third-order valence-electron chi connectivity index (χ3n) is 2.94. The van der Waals surface area contributed by atoms with Gasteiger partial charge in [0.05, 0.1) is 5.69 Å². The van der Waals surface area contributed by atoms with Crippen LogP contribution in [0.2, 0.25) is 0 Å². The molecule has 1 amide bonds. The number of hydrogen-bond acceptors (Lipinski definition) is 5. The maximum atomic E-state index is 11.9. The minimum Gasteiger partial charge on any atom is -0.267 e. The Morgan fingerprint density at radius 1 is 0.955 bits per heavy atom. The minimum atomic E-state index is -0.254. The molecule has 0 bridgehead atoms. The molecule has 0 radical (unpaired) electrons. The van der Waals surface area contributed by atoms with Crippen LogP contribution in [0.5, 0.6) is 0 Å². The third-order valence-corrected chi connectivity index (χ3v) is 2.94. The molecule has 6 nitrogen and oxygen atoms in total. The zero-order valence-electron chi connectivity index (χ0n) is 11.6. The predicted molar refractivity (Wildman–Crippen MR) is 82.8 cm³/mol. The number of carbonyl (C=O) groups is 1. The van der Waals surface area contributed by atoms with Crippen molar-refractivity contribution in [2.75, 3.05) is 5.43 Å². The van der Waals surface area contributed by atoms with E-state index in [1.54, 1.807) is 48.9 Å². The van der Waals surface area contributed by atoms with Crippen molar-refractivity contribution >= 4 is 11.9 Å². The molecule has 22 heavy (non-hydrogen) atoms. The highest BCUT2D eigenvalue weighted by Crippen LogP contribution is 2.15. The van der Waals surface area contributed by atoms with E-state index in [-0.39, 0.29) is 5.91 Å². The van der Waals surface area contributed by atoms with Gasteiger partial charge in [0, 0.05) is 29.7 Å². The van der Waals surface area contributed by atoms with Crippen LogP contribution in [0.15, 0.2) is 67.1 Å². The second kappa shape index (κ2) is 6.45. The molecular formula is C16H13N5O. The van der Waals surface area contributed by atoms with Crippen LogP contribution in [-0.2, 0) is 0 Å². The molecule has 0 saturated carbocycles. The van der Waals surface area contributed by atoms with Gasteiger partial charge >= 0.3 is 0 Å². The van der Waals surface area contributed by atoms with Gasteiger partial charge in [-0.2, -0.15) is 0 Å². The van der Waals surface area contributed by atoms with Gasteiger partial charge in [-0.1, -0.05) is 18.2 Å². The number of anilines is 1. The highest BCUT2D eigenvalue weighted by Gasteiger charge is 2.05. The van der Waals surface area contributed by atoms with Gasteiger partial charge in [0.25, 0.3) is 5.91 Å². The Balaban J connectivity index is 1.70. The lowest BCUT2D eigenvalue weighted by Gasteiger charge is -2.08. The molecular weight excluding hydrogens is 278 g/mol. The van der Waals surface area contributed by atoms with Crippen LogP contribution in [0.4, 0.5) is 5.95 Å². The molecule has 0 atom stereocenters. The molecule has 0 saturated heterocycles. The third kappa shape index (κ3) is 3.24. The zero-order valence-corrected chi connectivity index (χ0v) is 11.6. The van der Waals surface area contributed by atoms with Crippen molar-refractivity contribution in [3.8, 4) is 11.3 Å². The van der Waals surface area contributed by atoms with Crippen LogP contribution in [0.1, 0.15) is 10.4 Å². The van der Waals surface area contributed by atoms with E-state index in [0.29, 0.717) is 11.5 Å². The smallest absolute Gasteiger partial charge is 0.267 e. The molecule has 1 aromatic carbocycles. The van der Waals surface area contributed by atoms with Crippen molar-refractivity contribution in [2.45, 2.75) is 0 Å². The predicted octanol–water partition coefficient (Wildman–Crippen LogP) is 2.30. The van der Waals surface area contributed by atoms with Crippen LogP contribution < -0.4 is 10.9 Å². The number of rotatable bonds is 4. The number of pyridine rings is 1. The van der Waals surface area contributed by atoms with Gasteiger partial charge in [-0.25, -0.2) is 9.97 Å². The van der Waals surface area contributed by atoms with Crippen LogP contribution in [-0.4, -0.2) is 20.9 Å². The quantitative estimate of drug-likeness (QED) is 0.721. The van der Waals surface area contributed by atoms with Crippen molar-refractivity contribution in [2.24, 2.45) is 0 Å². The highest BCUT2D eigenvalue weighted by molar-refractivity contribution is 5.94. The lowest BCUT2D eigenvalue weighted by Crippen LogP contribution is -2.30. The average molecular weight is 291 g/mol. The number of amides is 1. The first-order valence-corrected chi connectivity index (χ1v) is 6.68. The number of hydrazine groups is 1. The lowest BCUT2D eigenvalue weighted by molar-refractivity contribution is 0.0962. The maximum absolute atomic E-state index is 11.9. The molecule has 2 N–H and O–H groups in total. The standard InChI is InChI=1S/C16H13N5O/c22-15(12-5-2-1-3-6-12)20-21-16-18-10-8-14(19-16)13-7-4-9-17-11-13/h1-11H,(H,20,22)(H,18,19,21). The average Bonchev–Trinajstić information content (AvgIpc) is 2.61. The van der Waals surface area contributed by atoms with Crippen molar-refractivity contribution in [3.63, 3.8) is 0 Å². The topological polar surface area (TPSA) is 79.8 Å². The Morgan fingerprint density at radius 3 is 2.59 bits per heavy atom. The molecule has 6 heteroatoms. The van der Waals surface area contributed by atoms with Gasteiger partial charge in [-0.15, -0.1) is 0 Å². The number of hydrogen-bond donors (Lipinski definition) is 2.